The lowest BCUT2D eigenvalue weighted by Gasteiger charge is -2.09. The molecule has 5 rings (SSSR count). The Balaban J connectivity index is 1.96. The van der Waals surface area contributed by atoms with E-state index >= 15 is 0 Å². The van der Waals surface area contributed by atoms with E-state index in [1.54, 1.807) is 0 Å². The van der Waals surface area contributed by atoms with E-state index in [1.165, 1.54) is 43.4 Å². The normalized spacial score (nSPS) is 13.8. The molecular weight excluding hydrogens is 288 g/mol. The van der Waals surface area contributed by atoms with Gasteiger partial charge in [-0.2, -0.15) is 0 Å². The van der Waals surface area contributed by atoms with Crippen LogP contribution in [-0.4, -0.2) is 0 Å². The number of halogens is 1. The summed E-state index contributed by atoms with van der Waals surface area (Å²) in [5, 5.41) is 8.73. The van der Waals surface area contributed by atoms with E-state index in [1.807, 2.05) is 0 Å². The number of allylic oxidation sites excluding steroid dienone is 1. The molecule has 0 unspecified atom stereocenters. The zero-order chi connectivity index (χ0) is 14.7. The van der Waals surface area contributed by atoms with Crippen LogP contribution in [0.25, 0.3) is 38.4 Å². The maximum atomic E-state index is 6.24. The molecule has 0 spiro atoms. The van der Waals surface area contributed by atoms with Crippen molar-refractivity contribution in [1.29, 1.82) is 0 Å². The largest absolute Gasteiger partial charge is 0.0888 e. The van der Waals surface area contributed by atoms with E-state index in [0.29, 0.717) is 0 Å². The fourth-order valence-corrected chi connectivity index (χ4v) is 3.87. The molecule has 0 amide bonds. The van der Waals surface area contributed by atoms with Crippen molar-refractivity contribution in [2.45, 2.75) is 6.42 Å². The first-order chi connectivity index (χ1) is 10.8. The fraction of sp³-hybridized carbons (Fsp3) is 0.0476. The van der Waals surface area contributed by atoms with E-state index in [-0.39, 0.29) is 0 Å². The maximum absolute atomic E-state index is 6.24. The Bertz CT molecular complexity index is 1100. The van der Waals surface area contributed by atoms with Crippen LogP contribution in [0.15, 0.2) is 65.7 Å². The van der Waals surface area contributed by atoms with Crippen molar-refractivity contribution in [2.24, 2.45) is 0 Å². The number of hydrogen-bond acceptors (Lipinski definition) is 0. The van der Waals surface area contributed by atoms with E-state index in [2.05, 4.69) is 66.7 Å². The van der Waals surface area contributed by atoms with E-state index in [9.17, 15) is 0 Å². The van der Waals surface area contributed by atoms with Crippen LogP contribution in [0.3, 0.4) is 0 Å². The van der Waals surface area contributed by atoms with Crippen molar-refractivity contribution >= 4 is 50.0 Å². The zero-order valence-electron chi connectivity index (χ0n) is 11.9. The zero-order valence-corrected chi connectivity index (χ0v) is 12.7. The summed E-state index contributed by atoms with van der Waals surface area (Å²) in [6.45, 7) is 0. The number of benzene rings is 4. The van der Waals surface area contributed by atoms with Gasteiger partial charge in [0.1, 0.15) is 0 Å². The van der Waals surface area contributed by atoms with Crippen LogP contribution in [0, 0.1) is 0 Å². The van der Waals surface area contributed by atoms with Gasteiger partial charge in [0.15, 0.2) is 0 Å². The van der Waals surface area contributed by atoms with Crippen molar-refractivity contribution in [3.63, 3.8) is 0 Å². The molecule has 22 heavy (non-hydrogen) atoms. The fourth-order valence-electron chi connectivity index (χ4n) is 3.61. The van der Waals surface area contributed by atoms with Gasteiger partial charge in [0.05, 0.1) is 0 Å². The lowest BCUT2D eigenvalue weighted by Crippen LogP contribution is -1.86. The lowest BCUT2D eigenvalue weighted by molar-refractivity contribution is 1.30. The molecule has 0 bridgehead atoms. The van der Waals surface area contributed by atoms with Gasteiger partial charge in [-0.25, -0.2) is 0 Å². The van der Waals surface area contributed by atoms with Crippen molar-refractivity contribution in [1.82, 2.24) is 0 Å². The average Bonchev–Trinajstić information content (AvgIpc) is 2.93. The van der Waals surface area contributed by atoms with Gasteiger partial charge in [0, 0.05) is 11.5 Å². The standard InChI is InChI=1S/C21H13Cl/c22-17-10-16-6-8-18-19(21(16)12-17)7-5-15-9-13-3-1-2-4-14(13)11-20(15)18/h1-9,11-12H,10H2. The molecule has 4 aromatic carbocycles. The molecule has 0 atom stereocenters. The van der Waals surface area contributed by atoms with Gasteiger partial charge in [-0.3, -0.25) is 0 Å². The minimum atomic E-state index is 0.864. The van der Waals surface area contributed by atoms with Crippen molar-refractivity contribution in [2.75, 3.05) is 0 Å². The summed E-state index contributed by atoms with van der Waals surface area (Å²) >= 11 is 6.24. The monoisotopic (exact) mass is 300 g/mol. The summed E-state index contributed by atoms with van der Waals surface area (Å²) in [6, 6.07) is 22.0. The predicted molar refractivity (Wildman–Crippen MR) is 96.5 cm³/mol. The first kappa shape index (κ1) is 12.3. The summed E-state index contributed by atoms with van der Waals surface area (Å²) in [7, 11) is 0. The topological polar surface area (TPSA) is 0 Å². The Hall–Kier alpha value is -2.31. The second kappa shape index (κ2) is 4.34. The third kappa shape index (κ3) is 1.65. The molecule has 0 radical (unpaired) electrons. The van der Waals surface area contributed by atoms with Crippen molar-refractivity contribution in [3.8, 4) is 0 Å². The highest BCUT2D eigenvalue weighted by Crippen LogP contribution is 2.37. The molecule has 1 heteroatoms. The summed E-state index contributed by atoms with van der Waals surface area (Å²) in [5.41, 5.74) is 2.62. The van der Waals surface area contributed by atoms with Crippen LogP contribution in [0.4, 0.5) is 0 Å². The van der Waals surface area contributed by atoms with Gasteiger partial charge in [-0.05, 0) is 61.7 Å². The van der Waals surface area contributed by atoms with Crippen LogP contribution in [-0.2, 0) is 6.42 Å². The van der Waals surface area contributed by atoms with Crippen LogP contribution < -0.4 is 0 Å². The SMILES string of the molecule is ClC1=Cc2c(ccc3c2ccc2cc4ccccc4cc23)C1. The molecule has 0 fully saturated rings. The first-order valence-corrected chi connectivity index (χ1v) is 7.90. The van der Waals surface area contributed by atoms with Crippen LogP contribution in [0.5, 0.6) is 0 Å². The molecule has 0 nitrogen and oxygen atoms in total. The third-order valence-electron chi connectivity index (χ3n) is 4.68. The Morgan fingerprint density at radius 2 is 1.45 bits per heavy atom. The van der Waals surface area contributed by atoms with Crippen molar-refractivity contribution < 1.29 is 0 Å². The van der Waals surface area contributed by atoms with Gasteiger partial charge >= 0.3 is 0 Å². The second-order valence-electron chi connectivity index (χ2n) is 5.99. The summed E-state index contributed by atoms with van der Waals surface area (Å²) in [4.78, 5) is 0. The Morgan fingerprint density at radius 3 is 2.32 bits per heavy atom. The molecule has 0 N–H and O–H groups in total. The second-order valence-corrected chi connectivity index (χ2v) is 6.47. The summed E-state index contributed by atoms with van der Waals surface area (Å²) < 4.78 is 0. The van der Waals surface area contributed by atoms with Crippen LogP contribution in [0.2, 0.25) is 0 Å². The van der Waals surface area contributed by atoms with E-state index in [0.717, 1.165) is 11.5 Å². The smallest absolute Gasteiger partial charge is 0.0231 e. The number of fused-ring (bicyclic) bond motifs is 6. The van der Waals surface area contributed by atoms with E-state index < -0.39 is 0 Å². The lowest BCUT2D eigenvalue weighted by atomic mass is 9.94. The molecule has 0 saturated carbocycles. The first-order valence-electron chi connectivity index (χ1n) is 7.53. The molecular formula is C21H13Cl. The minimum Gasteiger partial charge on any atom is -0.0888 e. The average molecular weight is 301 g/mol. The summed E-state index contributed by atoms with van der Waals surface area (Å²) in [6.07, 6.45) is 2.98. The van der Waals surface area contributed by atoms with Crippen LogP contribution >= 0.6 is 11.6 Å². The Morgan fingerprint density at radius 1 is 0.682 bits per heavy atom. The highest BCUT2D eigenvalue weighted by Gasteiger charge is 2.15. The molecule has 1 aliphatic rings. The highest BCUT2D eigenvalue weighted by atomic mass is 35.5. The predicted octanol–water partition coefficient (Wildman–Crippen LogP) is 6.28. The number of rotatable bonds is 0. The summed E-state index contributed by atoms with van der Waals surface area (Å²) in [5.74, 6) is 0. The molecule has 0 aliphatic heterocycles. The highest BCUT2D eigenvalue weighted by molar-refractivity contribution is 6.33. The molecule has 0 aromatic heterocycles. The van der Waals surface area contributed by atoms with Crippen molar-refractivity contribution in [3.05, 3.63) is 76.8 Å². The number of hydrogen-bond donors (Lipinski definition) is 0. The third-order valence-corrected chi connectivity index (χ3v) is 4.92. The molecule has 1 aliphatic carbocycles. The quantitative estimate of drug-likeness (QED) is 0.265. The van der Waals surface area contributed by atoms with Gasteiger partial charge < -0.3 is 0 Å². The van der Waals surface area contributed by atoms with Gasteiger partial charge in [0.25, 0.3) is 0 Å². The Kier molecular flexibility index (Phi) is 2.42. The minimum absolute atomic E-state index is 0.864. The maximum Gasteiger partial charge on any atom is 0.0231 e. The molecule has 104 valence electrons. The molecule has 0 saturated heterocycles. The molecule has 4 aromatic rings. The van der Waals surface area contributed by atoms with Crippen LogP contribution in [0.1, 0.15) is 11.1 Å². The van der Waals surface area contributed by atoms with Gasteiger partial charge in [-0.1, -0.05) is 60.1 Å². The van der Waals surface area contributed by atoms with Gasteiger partial charge in [0.2, 0.25) is 0 Å². The molecule has 0 heterocycles. The van der Waals surface area contributed by atoms with E-state index in [4.69, 9.17) is 11.6 Å². The van der Waals surface area contributed by atoms with Gasteiger partial charge in [-0.15, -0.1) is 0 Å². The Labute approximate surface area is 133 Å².